The van der Waals surface area contributed by atoms with E-state index < -0.39 is 11.9 Å². The van der Waals surface area contributed by atoms with E-state index in [2.05, 4.69) is 10.3 Å². The molecule has 0 saturated heterocycles. The van der Waals surface area contributed by atoms with Crippen LogP contribution in [0.15, 0.2) is 30.5 Å². The van der Waals surface area contributed by atoms with E-state index in [0.29, 0.717) is 23.5 Å². The fourth-order valence-corrected chi connectivity index (χ4v) is 3.06. The van der Waals surface area contributed by atoms with Gasteiger partial charge in [-0.15, -0.1) is 0 Å². The Bertz CT molecular complexity index is 1060. The summed E-state index contributed by atoms with van der Waals surface area (Å²) < 4.78 is 6.81. The molecule has 1 amide bonds. The second-order valence-corrected chi connectivity index (χ2v) is 6.39. The maximum atomic E-state index is 12.9. The first-order valence-corrected chi connectivity index (χ1v) is 8.63. The number of hydrogen-bond acceptors (Lipinski definition) is 4. The summed E-state index contributed by atoms with van der Waals surface area (Å²) in [6, 6.07) is 6.43. The lowest BCUT2D eigenvalue weighted by atomic mass is 10.1. The minimum atomic E-state index is -1.17. The number of carboxylic acids is 1. The number of pyridine rings is 1. The van der Waals surface area contributed by atoms with Crippen molar-refractivity contribution < 1.29 is 19.4 Å². The van der Waals surface area contributed by atoms with Gasteiger partial charge in [-0.3, -0.25) is 9.20 Å². The number of imidazole rings is 1. The third kappa shape index (κ3) is 3.46. The van der Waals surface area contributed by atoms with Crippen molar-refractivity contribution >= 4 is 34.8 Å². The molecule has 0 aliphatic rings. The lowest BCUT2D eigenvalue weighted by Gasteiger charge is -2.12. The number of nitrogens with zero attached hydrogens (tertiary/aromatic N) is 2. The molecule has 2 heterocycles. The number of amides is 1. The molecular formula is C19H18ClN3O4. The summed E-state index contributed by atoms with van der Waals surface area (Å²) in [4.78, 5) is 28.7. The van der Waals surface area contributed by atoms with E-state index in [-0.39, 0.29) is 22.0 Å². The van der Waals surface area contributed by atoms with Gasteiger partial charge in [0.25, 0.3) is 5.91 Å². The summed E-state index contributed by atoms with van der Waals surface area (Å²) in [5.74, 6) is -1.46. The molecule has 0 aliphatic heterocycles. The SMILES string of the molecule is CCc1nc2cc(C)ccn2c1C(=O)Nc1cc(OC)c(C(=O)O)cc1Cl. The number of aromatic nitrogens is 2. The third-order valence-corrected chi connectivity index (χ3v) is 4.48. The number of methoxy groups -OCH3 is 1. The Kier molecular flexibility index (Phi) is 5.05. The lowest BCUT2D eigenvalue weighted by Crippen LogP contribution is -2.17. The standard InChI is InChI=1S/C19H18ClN3O4/c1-4-13-17(23-6-5-10(2)7-16(23)21-13)18(24)22-14-9-15(27-3)11(19(25)26)8-12(14)20/h5-9H,4H2,1-3H3,(H,22,24)(H,25,26). The summed E-state index contributed by atoms with van der Waals surface area (Å²) in [5.41, 5.74) is 2.96. The summed E-state index contributed by atoms with van der Waals surface area (Å²) in [6.45, 7) is 3.87. The first kappa shape index (κ1) is 18.7. The van der Waals surface area contributed by atoms with Crippen molar-refractivity contribution in [1.29, 1.82) is 0 Å². The summed E-state index contributed by atoms with van der Waals surface area (Å²) in [5, 5.41) is 12.0. The van der Waals surface area contributed by atoms with Crippen molar-refractivity contribution in [3.63, 3.8) is 0 Å². The first-order chi connectivity index (χ1) is 12.8. The van der Waals surface area contributed by atoms with Gasteiger partial charge < -0.3 is 15.2 Å². The predicted molar refractivity (Wildman–Crippen MR) is 102 cm³/mol. The van der Waals surface area contributed by atoms with Gasteiger partial charge in [-0.2, -0.15) is 0 Å². The van der Waals surface area contributed by atoms with Gasteiger partial charge in [0, 0.05) is 12.3 Å². The number of nitrogens with one attached hydrogen (secondary N) is 1. The van der Waals surface area contributed by atoms with Crippen LogP contribution >= 0.6 is 11.6 Å². The molecule has 3 aromatic rings. The monoisotopic (exact) mass is 387 g/mol. The zero-order valence-electron chi connectivity index (χ0n) is 15.0. The molecular weight excluding hydrogens is 370 g/mol. The van der Waals surface area contributed by atoms with Crippen LogP contribution in [0, 0.1) is 6.92 Å². The Balaban J connectivity index is 2.03. The van der Waals surface area contributed by atoms with Crippen LogP contribution in [-0.4, -0.2) is 33.5 Å². The van der Waals surface area contributed by atoms with E-state index in [1.165, 1.54) is 19.2 Å². The van der Waals surface area contributed by atoms with E-state index in [9.17, 15) is 14.7 Å². The number of halogens is 1. The minimum absolute atomic E-state index is 0.0833. The van der Waals surface area contributed by atoms with Gasteiger partial charge in [0.1, 0.15) is 22.7 Å². The number of carbonyl (C=O) groups is 2. The highest BCUT2D eigenvalue weighted by Crippen LogP contribution is 2.31. The average Bonchev–Trinajstić information content (AvgIpc) is 3.00. The van der Waals surface area contributed by atoms with Crippen LogP contribution < -0.4 is 10.1 Å². The molecule has 27 heavy (non-hydrogen) atoms. The zero-order chi connectivity index (χ0) is 19.7. The van der Waals surface area contributed by atoms with Gasteiger partial charge in [-0.1, -0.05) is 18.5 Å². The molecule has 8 heteroatoms. The fraction of sp³-hybridized carbons (Fsp3) is 0.211. The highest BCUT2D eigenvalue weighted by molar-refractivity contribution is 6.34. The van der Waals surface area contributed by atoms with Crippen LogP contribution in [0.1, 0.15) is 39.0 Å². The molecule has 0 unspecified atom stereocenters. The Hall–Kier alpha value is -3.06. The third-order valence-electron chi connectivity index (χ3n) is 4.17. The number of carboxylic acid groups (broad SMARTS) is 1. The highest BCUT2D eigenvalue weighted by Gasteiger charge is 2.21. The second-order valence-electron chi connectivity index (χ2n) is 5.98. The molecule has 1 aromatic carbocycles. The topological polar surface area (TPSA) is 92.9 Å². The fourth-order valence-electron chi connectivity index (χ4n) is 2.85. The largest absolute Gasteiger partial charge is 0.496 e. The Morgan fingerprint density at radius 2 is 2.07 bits per heavy atom. The van der Waals surface area contributed by atoms with E-state index in [0.717, 1.165) is 5.56 Å². The van der Waals surface area contributed by atoms with Crippen molar-refractivity contribution in [3.05, 3.63) is 58.0 Å². The smallest absolute Gasteiger partial charge is 0.339 e. The van der Waals surface area contributed by atoms with Crippen LogP contribution in [-0.2, 0) is 6.42 Å². The number of fused-ring (bicyclic) bond motifs is 1. The van der Waals surface area contributed by atoms with Crippen molar-refractivity contribution in [2.75, 3.05) is 12.4 Å². The maximum absolute atomic E-state index is 12.9. The van der Waals surface area contributed by atoms with Gasteiger partial charge in [0.15, 0.2) is 0 Å². The van der Waals surface area contributed by atoms with Gasteiger partial charge >= 0.3 is 5.97 Å². The van der Waals surface area contributed by atoms with Crippen LogP contribution in [0.4, 0.5) is 5.69 Å². The van der Waals surface area contributed by atoms with Gasteiger partial charge in [0.2, 0.25) is 0 Å². The second kappa shape index (κ2) is 7.28. The number of anilines is 1. The van der Waals surface area contributed by atoms with Crippen LogP contribution in [0.2, 0.25) is 5.02 Å². The summed E-state index contributed by atoms with van der Waals surface area (Å²) in [6.07, 6.45) is 2.37. The quantitative estimate of drug-likeness (QED) is 0.694. The molecule has 2 N–H and O–H groups in total. The normalized spacial score (nSPS) is 10.8. The number of benzene rings is 1. The van der Waals surface area contributed by atoms with E-state index in [4.69, 9.17) is 16.3 Å². The Morgan fingerprint density at radius 1 is 1.33 bits per heavy atom. The molecule has 7 nitrogen and oxygen atoms in total. The molecule has 0 aliphatic carbocycles. The number of ether oxygens (including phenoxy) is 1. The Labute approximate surface area is 160 Å². The van der Waals surface area contributed by atoms with Crippen LogP contribution in [0.3, 0.4) is 0 Å². The van der Waals surface area contributed by atoms with Crippen LogP contribution in [0.5, 0.6) is 5.75 Å². The van der Waals surface area contributed by atoms with Crippen molar-refractivity contribution in [2.45, 2.75) is 20.3 Å². The maximum Gasteiger partial charge on any atom is 0.339 e. The molecule has 0 saturated carbocycles. The number of aryl methyl sites for hydroxylation is 2. The van der Waals surface area contributed by atoms with E-state index in [1.54, 1.807) is 10.6 Å². The Morgan fingerprint density at radius 3 is 2.70 bits per heavy atom. The summed E-state index contributed by atoms with van der Waals surface area (Å²) >= 11 is 6.16. The number of carbonyl (C=O) groups excluding carboxylic acids is 1. The number of rotatable bonds is 5. The number of hydrogen-bond donors (Lipinski definition) is 2. The van der Waals surface area contributed by atoms with E-state index in [1.807, 2.05) is 26.0 Å². The zero-order valence-corrected chi connectivity index (χ0v) is 15.8. The van der Waals surface area contributed by atoms with Crippen molar-refractivity contribution in [1.82, 2.24) is 9.38 Å². The van der Waals surface area contributed by atoms with Gasteiger partial charge in [-0.25, -0.2) is 9.78 Å². The average molecular weight is 388 g/mol. The van der Waals surface area contributed by atoms with Crippen LogP contribution in [0.25, 0.3) is 5.65 Å². The molecule has 0 spiro atoms. The molecule has 0 bridgehead atoms. The molecule has 0 atom stereocenters. The number of aromatic carboxylic acids is 1. The van der Waals surface area contributed by atoms with Crippen molar-refractivity contribution in [2.24, 2.45) is 0 Å². The molecule has 3 rings (SSSR count). The minimum Gasteiger partial charge on any atom is -0.496 e. The van der Waals surface area contributed by atoms with Crippen molar-refractivity contribution in [3.8, 4) is 5.75 Å². The first-order valence-electron chi connectivity index (χ1n) is 8.25. The molecule has 140 valence electrons. The van der Waals surface area contributed by atoms with E-state index >= 15 is 0 Å². The van der Waals surface area contributed by atoms with Gasteiger partial charge in [-0.05, 0) is 37.1 Å². The summed E-state index contributed by atoms with van der Waals surface area (Å²) in [7, 11) is 1.35. The predicted octanol–water partition coefficient (Wildman–Crippen LogP) is 3.82. The lowest BCUT2D eigenvalue weighted by molar-refractivity contribution is 0.0693. The van der Waals surface area contributed by atoms with Gasteiger partial charge in [0.05, 0.1) is 23.5 Å². The molecule has 0 fully saturated rings. The molecule has 0 radical (unpaired) electrons. The highest BCUT2D eigenvalue weighted by atomic mass is 35.5. The molecule has 2 aromatic heterocycles.